The molecule has 7 nitrogen and oxygen atoms in total. The van der Waals surface area contributed by atoms with Gasteiger partial charge in [-0.1, -0.05) is 40.9 Å². The Hall–Kier alpha value is -3.24. The Kier molecular flexibility index (Phi) is 8.83. The van der Waals surface area contributed by atoms with Crippen LogP contribution in [0.5, 0.6) is 11.5 Å². The molecule has 0 saturated carbocycles. The lowest BCUT2D eigenvalue weighted by molar-refractivity contribution is -0.127. The third-order valence-corrected chi connectivity index (χ3v) is 7.02. The van der Waals surface area contributed by atoms with E-state index in [4.69, 9.17) is 44.3 Å². The summed E-state index contributed by atoms with van der Waals surface area (Å²) >= 11 is 19.3. The molecule has 0 spiro atoms. The first-order chi connectivity index (χ1) is 18.1. The number of hydrogen-bond donors (Lipinski definition) is 1. The molecule has 1 aliphatic rings. The van der Waals surface area contributed by atoms with Crippen LogP contribution in [0, 0.1) is 5.82 Å². The highest BCUT2D eigenvalue weighted by Gasteiger charge is 2.36. The number of thioether (sulfide) groups is 1. The summed E-state index contributed by atoms with van der Waals surface area (Å²) in [7, 11) is 1.44. The number of ether oxygens (including phenoxy) is 2. The number of hydrogen-bond acceptors (Lipinski definition) is 6. The van der Waals surface area contributed by atoms with Gasteiger partial charge in [-0.25, -0.2) is 4.39 Å². The van der Waals surface area contributed by atoms with Gasteiger partial charge in [0.1, 0.15) is 19.0 Å². The Bertz CT molecular complexity index is 1450. The maximum absolute atomic E-state index is 13.1. The normalized spacial score (nSPS) is 14.2. The average molecular weight is 596 g/mol. The fourth-order valence-corrected chi connectivity index (χ4v) is 4.99. The van der Waals surface area contributed by atoms with Crippen LogP contribution in [0.15, 0.2) is 59.5 Å². The minimum Gasteiger partial charge on any atom is -0.493 e. The van der Waals surface area contributed by atoms with Crippen molar-refractivity contribution in [2.24, 2.45) is 0 Å². The molecule has 4 rings (SSSR count). The average Bonchev–Trinajstić information content (AvgIpc) is 3.12. The van der Waals surface area contributed by atoms with Gasteiger partial charge in [0, 0.05) is 21.3 Å². The molecule has 3 amide bonds. The molecule has 3 aromatic carbocycles. The molecule has 1 fully saturated rings. The third kappa shape index (κ3) is 6.60. The minimum absolute atomic E-state index is 0.101. The summed E-state index contributed by atoms with van der Waals surface area (Å²) in [6.07, 6.45) is 1.47. The Balaban J connectivity index is 1.47. The van der Waals surface area contributed by atoms with E-state index in [1.54, 1.807) is 30.3 Å². The molecule has 0 atom stereocenters. The van der Waals surface area contributed by atoms with Crippen molar-refractivity contribution in [1.29, 1.82) is 0 Å². The van der Waals surface area contributed by atoms with Crippen molar-refractivity contribution >= 4 is 75.4 Å². The number of benzene rings is 3. The van der Waals surface area contributed by atoms with E-state index in [0.717, 1.165) is 4.90 Å². The maximum Gasteiger partial charge on any atom is 0.294 e. The monoisotopic (exact) mass is 594 g/mol. The van der Waals surface area contributed by atoms with Gasteiger partial charge in [-0.3, -0.25) is 19.3 Å². The van der Waals surface area contributed by atoms with Crippen LogP contribution in [0.1, 0.15) is 11.1 Å². The number of nitrogens with one attached hydrogen (secondary N) is 1. The van der Waals surface area contributed by atoms with E-state index in [9.17, 15) is 18.8 Å². The van der Waals surface area contributed by atoms with Crippen LogP contribution in [0.2, 0.25) is 15.1 Å². The lowest BCUT2D eigenvalue weighted by Crippen LogP contribution is -2.36. The van der Waals surface area contributed by atoms with Gasteiger partial charge in [-0.15, -0.1) is 0 Å². The number of anilines is 1. The predicted molar refractivity (Wildman–Crippen MR) is 147 cm³/mol. The summed E-state index contributed by atoms with van der Waals surface area (Å²) < 4.78 is 24.3. The molecule has 196 valence electrons. The van der Waals surface area contributed by atoms with Crippen molar-refractivity contribution < 1.29 is 28.2 Å². The molecule has 1 aliphatic heterocycles. The predicted octanol–water partition coefficient (Wildman–Crippen LogP) is 7.05. The zero-order valence-corrected chi connectivity index (χ0v) is 22.7. The summed E-state index contributed by atoms with van der Waals surface area (Å²) in [4.78, 5) is 38.5. The molecule has 0 bridgehead atoms. The first kappa shape index (κ1) is 27.8. The molecule has 1 N–H and O–H groups in total. The number of methoxy groups -OCH3 is 1. The van der Waals surface area contributed by atoms with Gasteiger partial charge < -0.3 is 14.8 Å². The number of rotatable bonds is 8. The summed E-state index contributed by atoms with van der Waals surface area (Å²) in [5.74, 6) is -1.13. The van der Waals surface area contributed by atoms with Crippen LogP contribution in [0.4, 0.5) is 14.9 Å². The van der Waals surface area contributed by atoms with Crippen molar-refractivity contribution in [2.45, 2.75) is 6.61 Å². The van der Waals surface area contributed by atoms with E-state index in [0.29, 0.717) is 44.4 Å². The Morgan fingerprint density at radius 3 is 2.47 bits per heavy atom. The van der Waals surface area contributed by atoms with E-state index in [-0.39, 0.29) is 22.3 Å². The fourth-order valence-electron chi connectivity index (χ4n) is 3.42. The Morgan fingerprint density at radius 2 is 1.79 bits per heavy atom. The van der Waals surface area contributed by atoms with Gasteiger partial charge in [0.05, 0.1) is 17.0 Å². The van der Waals surface area contributed by atoms with Crippen molar-refractivity contribution in [3.63, 3.8) is 0 Å². The molecule has 0 unspecified atom stereocenters. The van der Waals surface area contributed by atoms with Crippen molar-refractivity contribution in [2.75, 3.05) is 19.0 Å². The summed E-state index contributed by atoms with van der Waals surface area (Å²) in [5, 5.41) is 3.05. The van der Waals surface area contributed by atoms with E-state index in [1.807, 2.05) is 0 Å². The SMILES string of the molecule is COc1cc(/C=C2\SC(=O)N(CC(=O)Nc3ccc(F)cc3)C2=O)cc(Cl)c1OCc1ccc(Cl)cc1Cl. The number of imide groups is 1. The van der Waals surface area contributed by atoms with Crippen LogP contribution in [0.25, 0.3) is 6.08 Å². The van der Waals surface area contributed by atoms with E-state index in [2.05, 4.69) is 5.32 Å². The smallest absolute Gasteiger partial charge is 0.294 e. The van der Waals surface area contributed by atoms with Gasteiger partial charge in [0.15, 0.2) is 11.5 Å². The second kappa shape index (κ2) is 12.1. The molecule has 1 saturated heterocycles. The highest BCUT2D eigenvalue weighted by Crippen LogP contribution is 2.39. The van der Waals surface area contributed by atoms with Crippen LogP contribution in [-0.4, -0.2) is 35.6 Å². The van der Waals surface area contributed by atoms with Crippen molar-refractivity contribution in [1.82, 2.24) is 4.90 Å². The first-order valence-corrected chi connectivity index (χ1v) is 12.8. The lowest BCUT2D eigenvalue weighted by atomic mass is 10.1. The molecule has 38 heavy (non-hydrogen) atoms. The van der Waals surface area contributed by atoms with Crippen LogP contribution in [-0.2, 0) is 16.2 Å². The first-order valence-electron chi connectivity index (χ1n) is 10.9. The van der Waals surface area contributed by atoms with E-state index < -0.39 is 29.4 Å². The van der Waals surface area contributed by atoms with Crippen LogP contribution < -0.4 is 14.8 Å². The molecule has 12 heteroatoms. The Morgan fingerprint density at radius 1 is 1.05 bits per heavy atom. The molecule has 0 aliphatic carbocycles. The van der Waals surface area contributed by atoms with Gasteiger partial charge in [-0.2, -0.15) is 0 Å². The minimum atomic E-state index is -0.637. The fraction of sp³-hybridized carbons (Fsp3) is 0.115. The Labute approximate surface area is 236 Å². The number of halogens is 4. The largest absolute Gasteiger partial charge is 0.493 e. The van der Waals surface area contributed by atoms with Gasteiger partial charge in [-0.05, 0) is 71.9 Å². The summed E-state index contributed by atoms with van der Waals surface area (Å²) in [6, 6.07) is 13.3. The quantitative estimate of drug-likeness (QED) is 0.281. The molecular weight excluding hydrogens is 578 g/mol. The van der Waals surface area contributed by atoms with E-state index in [1.165, 1.54) is 37.5 Å². The lowest BCUT2D eigenvalue weighted by Gasteiger charge is -2.14. The van der Waals surface area contributed by atoms with Crippen LogP contribution in [0.3, 0.4) is 0 Å². The molecule has 3 aromatic rings. The second-order valence-electron chi connectivity index (χ2n) is 7.88. The molecule has 1 heterocycles. The summed E-state index contributed by atoms with van der Waals surface area (Å²) in [5.41, 5.74) is 1.50. The molecule has 0 radical (unpaired) electrons. The van der Waals surface area contributed by atoms with Gasteiger partial charge in [0.25, 0.3) is 11.1 Å². The highest BCUT2D eigenvalue weighted by molar-refractivity contribution is 8.18. The highest BCUT2D eigenvalue weighted by atomic mass is 35.5. The van der Waals surface area contributed by atoms with Crippen molar-refractivity contribution in [3.05, 3.63) is 91.5 Å². The second-order valence-corrected chi connectivity index (χ2v) is 10.1. The van der Waals surface area contributed by atoms with Gasteiger partial charge in [0.2, 0.25) is 5.91 Å². The third-order valence-electron chi connectivity index (χ3n) is 5.24. The molecular formula is C26H18Cl3FN2O5S. The van der Waals surface area contributed by atoms with Crippen molar-refractivity contribution in [3.8, 4) is 11.5 Å². The number of carbonyl (C=O) groups excluding carboxylic acids is 3. The zero-order valence-electron chi connectivity index (χ0n) is 19.6. The standard InChI is InChI=1S/C26H18Cl3FN2O5S/c1-36-21-9-14(8-20(29)24(21)37-13-15-2-3-16(27)11-19(15)28)10-22-25(34)32(26(35)38-22)12-23(33)31-18-6-4-17(30)5-7-18/h2-11H,12-13H2,1H3,(H,31,33)/b22-10-. The molecule has 0 aromatic heterocycles. The van der Waals surface area contributed by atoms with E-state index >= 15 is 0 Å². The number of carbonyl (C=O) groups is 3. The number of amides is 3. The number of nitrogens with zero attached hydrogens (tertiary/aromatic N) is 1. The zero-order chi connectivity index (χ0) is 27.4. The van der Waals surface area contributed by atoms with Crippen LogP contribution >= 0.6 is 46.6 Å². The topological polar surface area (TPSA) is 84.9 Å². The summed E-state index contributed by atoms with van der Waals surface area (Å²) in [6.45, 7) is -0.395. The van der Waals surface area contributed by atoms with Gasteiger partial charge >= 0.3 is 0 Å². The maximum atomic E-state index is 13.1.